The Bertz CT molecular complexity index is 857. The Kier molecular flexibility index (Phi) is 7.26. The van der Waals surface area contributed by atoms with Crippen molar-refractivity contribution in [1.82, 2.24) is 9.88 Å². The van der Waals surface area contributed by atoms with Gasteiger partial charge in [0.1, 0.15) is 5.01 Å². The number of carbonyl (C=O) groups is 1. The Morgan fingerprint density at radius 1 is 1.15 bits per heavy atom. The fourth-order valence-electron chi connectivity index (χ4n) is 2.86. The number of amides is 1. The second-order valence-electron chi connectivity index (χ2n) is 6.28. The van der Waals surface area contributed by atoms with E-state index in [2.05, 4.69) is 47.2 Å². The normalized spacial score (nSPS) is 11.2. The summed E-state index contributed by atoms with van der Waals surface area (Å²) in [4.78, 5) is 19.2. The number of nitrogens with one attached hydrogen (secondary N) is 1. The van der Waals surface area contributed by atoms with Gasteiger partial charge in [0.25, 0.3) is 0 Å². The molecule has 4 nitrogen and oxygen atoms in total. The van der Waals surface area contributed by atoms with Gasteiger partial charge in [-0.25, -0.2) is 4.98 Å². The molecule has 2 aromatic carbocycles. The van der Waals surface area contributed by atoms with E-state index in [9.17, 15) is 4.79 Å². The van der Waals surface area contributed by atoms with Crippen molar-refractivity contribution in [3.8, 4) is 0 Å². The van der Waals surface area contributed by atoms with E-state index in [-0.39, 0.29) is 5.91 Å². The van der Waals surface area contributed by atoms with Gasteiger partial charge in [-0.15, -0.1) is 23.1 Å². The van der Waals surface area contributed by atoms with E-state index in [0.29, 0.717) is 5.75 Å². The van der Waals surface area contributed by atoms with Crippen molar-refractivity contribution in [2.45, 2.75) is 26.1 Å². The van der Waals surface area contributed by atoms with Crippen LogP contribution in [0.4, 0.5) is 5.69 Å². The lowest BCUT2D eigenvalue weighted by Crippen LogP contribution is -2.22. The molecule has 1 aromatic heterocycles. The highest BCUT2D eigenvalue weighted by atomic mass is 32.2. The summed E-state index contributed by atoms with van der Waals surface area (Å²) in [6.07, 6.45) is 0. The Hall–Kier alpha value is -1.89. The summed E-state index contributed by atoms with van der Waals surface area (Å²) in [5, 5.41) is 4.07. The third kappa shape index (κ3) is 5.79. The highest BCUT2D eigenvalue weighted by Gasteiger charge is 2.07. The number of thiazole rings is 1. The van der Waals surface area contributed by atoms with Gasteiger partial charge in [-0.05, 0) is 42.9 Å². The molecule has 0 bridgehead atoms. The highest BCUT2D eigenvalue weighted by molar-refractivity contribution is 7.99. The zero-order valence-corrected chi connectivity index (χ0v) is 17.4. The van der Waals surface area contributed by atoms with Gasteiger partial charge in [0, 0.05) is 18.0 Å². The van der Waals surface area contributed by atoms with Crippen LogP contribution >= 0.6 is 23.1 Å². The molecule has 0 saturated heterocycles. The molecule has 0 aliphatic rings. The molecule has 0 saturated carbocycles. The predicted octanol–water partition coefficient (Wildman–Crippen LogP) is 5.01. The number of anilines is 1. The van der Waals surface area contributed by atoms with E-state index in [0.717, 1.165) is 41.6 Å². The molecule has 0 atom stereocenters. The maximum absolute atomic E-state index is 12.3. The van der Waals surface area contributed by atoms with Crippen LogP contribution in [0.25, 0.3) is 10.2 Å². The number of nitrogens with zero attached hydrogens (tertiary/aromatic N) is 2. The van der Waals surface area contributed by atoms with E-state index in [1.807, 2.05) is 30.3 Å². The van der Waals surface area contributed by atoms with Crippen LogP contribution < -0.4 is 5.32 Å². The minimum absolute atomic E-state index is 0.0288. The van der Waals surface area contributed by atoms with Gasteiger partial charge in [0.15, 0.2) is 0 Å². The van der Waals surface area contributed by atoms with Crippen LogP contribution in [0.1, 0.15) is 24.4 Å². The molecule has 27 heavy (non-hydrogen) atoms. The molecule has 3 rings (SSSR count). The molecular formula is C21H25N3OS2. The van der Waals surface area contributed by atoms with Crippen LogP contribution in [0, 0.1) is 0 Å². The molecule has 0 unspecified atom stereocenters. The van der Waals surface area contributed by atoms with Crippen LogP contribution in [0.15, 0.2) is 48.5 Å². The standard InChI is InChI=1S/C21H25N3OS2/c1-3-24(4-2)13-16-8-7-9-17(12-16)22-20(25)14-26-15-21-23-18-10-5-6-11-19(18)27-21/h5-12H,3-4,13-15H2,1-2H3,(H,22,25). The number of benzene rings is 2. The van der Waals surface area contributed by atoms with Crippen LogP contribution in [0.5, 0.6) is 0 Å². The van der Waals surface area contributed by atoms with Crippen molar-refractivity contribution in [3.63, 3.8) is 0 Å². The zero-order valence-electron chi connectivity index (χ0n) is 15.8. The molecule has 3 aromatic rings. The zero-order chi connectivity index (χ0) is 19.1. The number of fused-ring (bicyclic) bond motifs is 1. The van der Waals surface area contributed by atoms with Crippen molar-refractivity contribution in [1.29, 1.82) is 0 Å². The Morgan fingerprint density at radius 3 is 2.74 bits per heavy atom. The third-order valence-electron chi connectivity index (χ3n) is 4.31. The molecule has 142 valence electrons. The number of carbonyl (C=O) groups excluding carboxylic acids is 1. The summed E-state index contributed by atoms with van der Waals surface area (Å²) in [5.74, 6) is 1.21. The quantitative estimate of drug-likeness (QED) is 0.549. The minimum Gasteiger partial charge on any atom is -0.325 e. The first-order chi connectivity index (χ1) is 13.2. The first-order valence-electron chi connectivity index (χ1n) is 9.21. The Morgan fingerprint density at radius 2 is 1.96 bits per heavy atom. The Labute approximate surface area is 169 Å². The molecule has 1 heterocycles. The first kappa shape index (κ1) is 19.9. The lowest BCUT2D eigenvalue weighted by molar-refractivity contribution is -0.113. The van der Waals surface area contributed by atoms with Gasteiger partial charge in [0.2, 0.25) is 5.91 Å². The lowest BCUT2D eigenvalue weighted by Gasteiger charge is -2.18. The average Bonchev–Trinajstić information content (AvgIpc) is 3.09. The van der Waals surface area contributed by atoms with Crippen LogP contribution in [-0.2, 0) is 17.1 Å². The number of aromatic nitrogens is 1. The van der Waals surface area contributed by atoms with E-state index < -0.39 is 0 Å². The fourth-order valence-corrected chi connectivity index (χ4v) is 4.71. The van der Waals surface area contributed by atoms with Gasteiger partial charge in [-0.1, -0.05) is 38.1 Å². The molecule has 0 aliphatic heterocycles. The third-order valence-corrected chi connectivity index (χ3v) is 6.47. The topological polar surface area (TPSA) is 45.2 Å². The summed E-state index contributed by atoms with van der Waals surface area (Å²) >= 11 is 3.30. The van der Waals surface area contributed by atoms with Gasteiger partial charge in [0.05, 0.1) is 16.0 Å². The van der Waals surface area contributed by atoms with Crippen LogP contribution in [0.3, 0.4) is 0 Å². The number of hydrogen-bond acceptors (Lipinski definition) is 5. The predicted molar refractivity (Wildman–Crippen MR) is 117 cm³/mol. The van der Waals surface area contributed by atoms with Crippen molar-refractivity contribution < 1.29 is 4.79 Å². The molecule has 1 amide bonds. The van der Waals surface area contributed by atoms with Gasteiger partial charge < -0.3 is 5.32 Å². The second-order valence-corrected chi connectivity index (χ2v) is 8.38. The second kappa shape index (κ2) is 9.88. The SMILES string of the molecule is CCN(CC)Cc1cccc(NC(=O)CSCc2nc3ccccc3s2)c1. The van der Waals surface area contributed by atoms with E-state index >= 15 is 0 Å². The summed E-state index contributed by atoms with van der Waals surface area (Å²) in [6.45, 7) is 7.28. The van der Waals surface area contributed by atoms with Crippen LogP contribution in [0.2, 0.25) is 0 Å². The molecule has 0 aliphatic carbocycles. The number of thioether (sulfide) groups is 1. The van der Waals surface area contributed by atoms with Gasteiger partial charge >= 0.3 is 0 Å². The minimum atomic E-state index is 0.0288. The van der Waals surface area contributed by atoms with Crippen molar-refractivity contribution in [2.24, 2.45) is 0 Å². The molecule has 0 radical (unpaired) electrons. The van der Waals surface area contributed by atoms with E-state index in [1.54, 1.807) is 23.1 Å². The lowest BCUT2D eigenvalue weighted by atomic mass is 10.2. The molecule has 0 spiro atoms. The monoisotopic (exact) mass is 399 g/mol. The van der Waals surface area contributed by atoms with Gasteiger partial charge in [-0.2, -0.15) is 0 Å². The maximum Gasteiger partial charge on any atom is 0.234 e. The van der Waals surface area contributed by atoms with E-state index in [4.69, 9.17) is 0 Å². The number of rotatable bonds is 9. The molecular weight excluding hydrogens is 374 g/mol. The van der Waals surface area contributed by atoms with Crippen molar-refractivity contribution >= 4 is 44.9 Å². The molecule has 6 heteroatoms. The summed E-state index contributed by atoms with van der Waals surface area (Å²) < 4.78 is 1.20. The molecule has 1 N–H and O–H groups in total. The largest absolute Gasteiger partial charge is 0.325 e. The summed E-state index contributed by atoms with van der Waals surface area (Å²) in [5.41, 5.74) is 3.12. The summed E-state index contributed by atoms with van der Waals surface area (Å²) in [6, 6.07) is 16.3. The average molecular weight is 400 g/mol. The fraction of sp³-hybridized carbons (Fsp3) is 0.333. The Balaban J connectivity index is 1.48. The van der Waals surface area contributed by atoms with Crippen LogP contribution in [-0.4, -0.2) is 34.6 Å². The number of hydrogen-bond donors (Lipinski definition) is 1. The highest BCUT2D eigenvalue weighted by Crippen LogP contribution is 2.24. The molecule has 0 fully saturated rings. The van der Waals surface area contributed by atoms with E-state index in [1.165, 1.54) is 10.3 Å². The smallest absolute Gasteiger partial charge is 0.234 e. The maximum atomic E-state index is 12.3. The number of para-hydroxylation sites is 1. The van der Waals surface area contributed by atoms with Crippen molar-refractivity contribution in [3.05, 3.63) is 59.1 Å². The van der Waals surface area contributed by atoms with Crippen molar-refractivity contribution in [2.75, 3.05) is 24.2 Å². The summed E-state index contributed by atoms with van der Waals surface area (Å²) in [7, 11) is 0. The van der Waals surface area contributed by atoms with Gasteiger partial charge in [-0.3, -0.25) is 9.69 Å². The first-order valence-corrected chi connectivity index (χ1v) is 11.2.